The number of benzene rings is 3. The summed E-state index contributed by atoms with van der Waals surface area (Å²) in [5.41, 5.74) is 2.59. The fraction of sp³-hybridized carbons (Fsp3) is 0.276. The van der Waals surface area contributed by atoms with Crippen LogP contribution >= 0.6 is 11.6 Å². The van der Waals surface area contributed by atoms with Gasteiger partial charge in [-0.1, -0.05) is 58.7 Å². The maximum absolute atomic E-state index is 13.3. The van der Waals surface area contributed by atoms with Crippen LogP contribution < -0.4 is 14.8 Å². The zero-order valence-corrected chi connectivity index (χ0v) is 22.1. The first kappa shape index (κ1) is 25.8. The van der Waals surface area contributed by atoms with Crippen LogP contribution in [-0.4, -0.2) is 41.1 Å². The highest BCUT2D eigenvalue weighted by molar-refractivity contribution is 6.31. The number of carbonyl (C=O) groups excluding carboxylic acids is 1. The van der Waals surface area contributed by atoms with E-state index in [-0.39, 0.29) is 11.8 Å². The van der Waals surface area contributed by atoms with Crippen molar-refractivity contribution in [1.82, 2.24) is 15.0 Å². The Hall–Kier alpha value is -3.88. The number of rotatable bonds is 8. The highest BCUT2D eigenvalue weighted by Crippen LogP contribution is 2.36. The van der Waals surface area contributed by atoms with Gasteiger partial charge in [0.1, 0.15) is 0 Å². The summed E-state index contributed by atoms with van der Waals surface area (Å²) in [7, 11) is 1.58. The number of anilines is 1. The highest BCUT2D eigenvalue weighted by Gasteiger charge is 2.28. The predicted octanol–water partition coefficient (Wildman–Crippen LogP) is 6.35. The molecule has 1 aliphatic heterocycles. The Morgan fingerprint density at radius 1 is 1.11 bits per heavy atom. The third-order valence-electron chi connectivity index (χ3n) is 6.50. The van der Waals surface area contributed by atoms with Crippen LogP contribution in [0.5, 0.6) is 17.2 Å². The fourth-order valence-corrected chi connectivity index (χ4v) is 4.66. The molecule has 1 fully saturated rings. The van der Waals surface area contributed by atoms with Gasteiger partial charge in [-0.25, -0.2) is 0 Å². The molecule has 1 N–H and O–H groups in total. The molecule has 1 amide bonds. The third-order valence-corrected chi connectivity index (χ3v) is 6.74. The molecule has 5 rings (SSSR count). The topological polar surface area (TPSA) is 89.7 Å². The Kier molecular flexibility index (Phi) is 7.91. The number of amides is 1. The van der Waals surface area contributed by atoms with Crippen molar-refractivity contribution in [3.8, 4) is 28.6 Å². The SMILES string of the molecule is COc1ccccc1Oc1ccc(Cl)cc1NC(=O)C1CCCN(Cc2nc(-c3ccc(C)cc3)no2)C1. The lowest BCUT2D eigenvalue weighted by atomic mass is 9.97. The number of aromatic nitrogens is 2. The van der Waals surface area contributed by atoms with Crippen molar-refractivity contribution in [3.05, 3.63) is 83.2 Å². The highest BCUT2D eigenvalue weighted by atomic mass is 35.5. The first-order valence-electron chi connectivity index (χ1n) is 12.5. The molecule has 0 spiro atoms. The van der Waals surface area contributed by atoms with Crippen LogP contribution in [0.15, 0.2) is 71.3 Å². The summed E-state index contributed by atoms with van der Waals surface area (Å²) >= 11 is 6.25. The van der Waals surface area contributed by atoms with Gasteiger partial charge < -0.3 is 19.3 Å². The van der Waals surface area contributed by atoms with Gasteiger partial charge in [-0.05, 0) is 56.6 Å². The molecule has 3 aromatic carbocycles. The molecule has 1 aliphatic rings. The summed E-state index contributed by atoms with van der Waals surface area (Å²) in [4.78, 5) is 20.0. The van der Waals surface area contributed by atoms with Crippen LogP contribution in [0.1, 0.15) is 24.3 Å². The molecule has 1 aromatic heterocycles. The van der Waals surface area contributed by atoms with Gasteiger partial charge in [-0.3, -0.25) is 9.69 Å². The Labute approximate surface area is 226 Å². The van der Waals surface area contributed by atoms with Crippen LogP contribution in [0.4, 0.5) is 5.69 Å². The largest absolute Gasteiger partial charge is 0.493 e. The van der Waals surface area contributed by atoms with Crippen molar-refractivity contribution in [3.63, 3.8) is 0 Å². The van der Waals surface area contributed by atoms with E-state index in [2.05, 4.69) is 20.4 Å². The second-order valence-electron chi connectivity index (χ2n) is 9.33. The second-order valence-corrected chi connectivity index (χ2v) is 9.77. The summed E-state index contributed by atoms with van der Waals surface area (Å²) in [6.45, 7) is 3.96. The van der Waals surface area contributed by atoms with E-state index >= 15 is 0 Å². The lowest BCUT2D eigenvalue weighted by Gasteiger charge is -2.31. The van der Waals surface area contributed by atoms with Crippen LogP contribution in [0, 0.1) is 12.8 Å². The van der Waals surface area contributed by atoms with Crippen molar-refractivity contribution in [2.45, 2.75) is 26.3 Å². The molecule has 0 bridgehead atoms. The summed E-state index contributed by atoms with van der Waals surface area (Å²) < 4.78 is 17.0. The quantitative estimate of drug-likeness (QED) is 0.283. The Balaban J connectivity index is 1.24. The number of likely N-dealkylation sites (tertiary alicyclic amines) is 1. The maximum Gasteiger partial charge on any atom is 0.241 e. The molecule has 38 heavy (non-hydrogen) atoms. The standard InChI is InChI=1S/C29H29ClN4O4/c1-19-9-11-20(12-10-19)28-32-27(38-33-28)18-34-15-5-6-21(17-34)29(35)31-23-16-22(30)13-14-24(23)37-26-8-4-3-7-25(26)36-2/h3-4,7-14,16,21H,5-6,15,17-18H2,1-2H3,(H,31,35). The molecular weight excluding hydrogens is 504 g/mol. The van der Waals surface area contributed by atoms with Crippen molar-refractivity contribution in [2.75, 3.05) is 25.5 Å². The van der Waals surface area contributed by atoms with Crippen LogP contribution in [0.2, 0.25) is 5.02 Å². The molecule has 0 aliphatic carbocycles. The zero-order valence-electron chi connectivity index (χ0n) is 21.3. The number of piperidine rings is 1. The van der Waals surface area contributed by atoms with E-state index < -0.39 is 0 Å². The first-order chi connectivity index (χ1) is 18.5. The molecule has 8 nitrogen and oxygen atoms in total. The number of carbonyl (C=O) groups is 1. The van der Waals surface area contributed by atoms with Crippen molar-refractivity contribution < 1.29 is 18.8 Å². The smallest absolute Gasteiger partial charge is 0.241 e. The number of ether oxygens (including phenoxy) is 2. The number of hydrogen-bond acceptors (Lipinski definition) is 7. The minimum atomic E-state index is -0.207. The van der Waals surface area contributed by atoms with Gasteiger partial charge in [0.25, 0.3) is 0 Å². The lowest BCUT2D eigenvalue weighted by molar-refractivity contribution is -0.121. The average molecular weight is 533 g/mol. The number of hydrogen-bond donors (Lipinski definition) is 1. The molecule has 1 saturated heterocycles. The number of nitrogens with zero attached hydrogens (tertiary/aromatic N) is 3. The van der Waals surface area contributed by atoms with E-state index in [9.17, 15) is 4.79 Å². The van der Waals surface area contributed by atoms with E-state index in [0.29, 0.717) is 52.8 Å². The number of aryl methyl sites for hydroxylation is 1. The van der Waals surface area contributed by atoms with Gasteiger partial charge in [0.15, 0.2) is 17.2 Å². The molecule has 0 saturated carbocycles. The monoisotopic (exact) mass is 532 g/mol. The molecule has 1 atom stereocenters. The van der Waals surface area contributed by atoms with E-state index in [4.69, 9.17) is 25.6 Å². The molecule has 9 heteroatoms. The zero-order chi connectivity index (χ0) is 26.5. The fourth-order valence-electron chi connectivity index (χ4n) is 4.49. The number of nitrogens with one attached hydrogen (secondary N) is 1. The van der Waals surface area contributed by atoms with E-state index in [1.54, 1.807) is 31.4 Å². The number of para-hydroxylation sites is 2. The summed E-state index contributed by atoms with van der Waals surface area (Å²) in [6, 6.07) is 20.5. The lowest BCUT2D eigenvalue weighted by Crippen LogP contribution is -2.40. The van der Waals surface area contributed by atoms with Gasteiger partial charge in [-0.15, -0.1) is 0 Å². The van der Waals surface area contributed by atoms with Gasteiger partial charge >= 0.3 is 0 Å². The van der Waals surface area contributed by atoms with Gasteiger partial charge in [0, 0.05) is 17.1 Å². The van der Waals surface area contributed by atoms with Gasteiger partial charge in [0.05, 0.1) is 25.3 Å². The number of halogens is 1. The van der Waals surface area contributed by atoms with E-state index in [1.807, 2.05) is 49.4 Å². The minimum absolute atomic E-state index is 0.0901. The molecular formula is C29H29ClN4O4. The molecule has 0 radical (unpaired) electrons. The first-order valence-corrected chi connectivity index (χ1v) is 12.9. The molecule has 4 aromatic rings. The maximum atomic E-state index is 13.3. The van der Waals surface area contributed by atoms with Crippen molar-refractivity contribution >= 4 is 23.2 Å². The van der Waals surface area contributed by atoms with Crippen LogP contribution in [-0.2, 0) is 11.3 Å². The summed E-state index contributed by atoms with van der Waals surface area (Å²) in [6.07, 6.45) is 1.67. The third kappa shape index (κ3) is 6.15. The molecule has 2 heterocycles. The second kappa shape index (κ2) is 11.7. The van der Waals surface area contributed by atoms with Crippen LogP contribution in [0.25, 0.3) is 11.4 Å². The van der Waals surface area contributed by atoms with Crippen molar-refractivity contribution in [1.29, 1.82) is 0 Å². The number of methoxy groups -OCH3 is 1. The summed E-state index contributed by atoms with van der Waals surface area (Å²) in [5.74, 6) is 2.41. The van der Waals surface area contributed by atoms with Gasteiger partial charge in [-0.2, -0.15) is 4.98 Å². The van der Waals surface area contributed by atoms with Crippen molar-refractivity contribution in [2.24, 2.45) is 5.92 Å². The van der Waals surface area contributed by atoms with E-state index in [0.717, 1.165) is 24.9 Å². The predicted molar refractivity (Wildman–Crippen MR) is 146 cm³/mol. The normalized spacial score (nSPS) is 15.7. The summed E-state index contributed by atoms with van der Waals surface area (Å²) in [5, 5.41) is 7.65. The molecule has 1 unspecified atom stereocenters. The Bertz CT molecular complexity index is 1410. The van der Waals surface area contributed by atoms with E-state index in [1.165, 1.54) is 5.56 Å². The molecule has 196 valence electrons. The van der Waals surface area contributed by atoms with Crippen LogP contribution in [0.3, 0.4) is 0 Å². The minimum Gasteiger partial charge on any atom is -0.493 e. The average Bonchev–Trinajstić information content (AvgIpc) is 3.39. The van der Waals surface area contributed by atoms with Gasteiger partial charge in [0.2, 0.25) is 17.6 Å². The Morgan fingerprint density at radius 2 is 1.89 bits per heavy atom. The Morgan fingerprint density at radius 3 is 2.68 bits per heavy atom.